The van der Waals surface area contributed by atoms with Crippen LogP contribution in [-0.4, -0.2) is 12.1 Å². The molecule has 0 unspecified atom stereocenters. The van der Waals surface area contributed by atoms with Crippen molar-refractivity contribution in [3.8, 4) is 17.2 Å². The summed E-state index contributed by atoms with van der Waals surface area (Å²) in [6.07, 6.45) is 1.63. The number of rotatable bonds is 3. The van der Waals surface area contributed by atoms with Crippen molar-refractivity contribution in [3.05, 3.63) is 54.7 Å². The molecule has 2 aromatic carbocycles. The fourth-order valence-electron chi connectivity index (χ4n) is 2.01. The Hall–Kier alpha value is -2.75. The van der Waals surface area contributed by atoms with Crippen LogP contribution in [-0.2, 0) is 0 Å². The van der Waals surface area contributed by atoms with Crippen LogP contribution in [0.5, 0.6) is 17.2 Å². The number of benzene rings is 2. The van der Waals surface area contributed by atoms with E-state index in [1.165, 1.54) is 0 Å². The molecule has 0 atom stereocenters. The molecule has 0 radical (unpaired) electrons. The maximum absolute atomic E-state index is 5.77. The van der Waals surface area contributed by atoms with E-state index in [4.69, 9.17) is 15.2 Å². The summed E-state index contributed by atoms with van der Waals surface area (Å²) in [6.45, 7) is 0. The van der Waals surface area contributed by atoms with Gasteiger partial charge in [0.1, 0.15) is 11.5 Å². The second-order valence-electron chi connectivity index (χ2n) is 4.36. The zero-order valence-electron chi connectivity index (χ0n) is 11.0. The van der Waals surface area contributed by atoms with Crippen molar-refractivity contribution < 1.29 is 9.47 Å². The zero-order valence-corrected chi connectivity index (χ0v) is 11.0. The highest BCUT2D eigenvalue weighted by molar-refractivity contribution is 5.85. The minimum absolute atomic E-state index is 0.373. The predicted molar refractivity (Wildman–Crippen MR) is 79.2 cm³/mol. The highest BCUT2D eigenvalue weighted by Gasteiger charge is 2.04. The molecule has 3 rings (SSSR count). The minimum Gasteiger partial charge on any atom is -0.497 e. The molecule has 0 saturated heterocycles. The van der Waals surface area contributed by atoms with E-state index >= 15 is 0 Å². The Bertz CT molecular complexity index is 756. The number of nitrogen functional groups attached to an aromatic ring is 1. The molecule has 4 nitrogen and oxygen atoms in total. The van der Waals surface area contributed by atoms with E-state index in [0.717, 1.165) is 16.5 Å². The molecule has 0 bridgehead atoms. The molecule has 2 N–H and O–H groups in total. The zero-order chi connectivity index (χ0) is 13.9. The lowest BCUT2D eigenvalue weighted by Crippen LogP contribution is -1.94. The quantitative estimate of drug-likeness (QED) is 0.786. The van der Waals surface area contributed by atoms with E-state index in [9.17, 15) is 0 Å². The van der Waals surface area contributed by atoms with Crippen molar-refractivity contribution in [1.82, 2.24) is 4.98 Å². The van der Waals surface area contributed by atoms with Crippen LogP contribution in [0.2, 0.25) is 0 Å². The normalized spacial score (nSPS) is 10.4. The van der Waals surface area contributed by atoms with Crippen LogP contribution in [0.1, 0.15) is 0 Å². The predicted octanol–water partition coefficient (Wildman–Crippen LogP) is 3.62. The van der Waals surface area contributed by atoms with Gasteiger partial charge in [0.25, 0.3) is 0 Å². The number of ether oxygens (including phenoxy) is 2. The third-order valence-electron chi connectivity index (χ3n) is 3.05. The summed E-state index contributed by atoms with van der Waals surface area (Å²) in [5, 5.41) is 2.17. The Morgan fingerprint density at radius 1 is 0.950 bits per heavy atom. The van der Waals surface area contributed by atoms with Gasteiger partial charge in [-0.25, -0.2) is 4.98 Å². The summed E-state index contributed by atoms with van der Waals surface area (Å²) in [4.78, 5) is 4.00. The molecule has 0 spiro atoms. The molecule has 0 fully saturated rings. The summed E-state index contributed by atoms with van der Waals surface area (Å²) >= 11 is 0. The van der Waals surface area contributed by atoms with Gasteiger partial charge in [0, 0.05) is 6.20 Å². The van der Waals surface area contributed by atoms with Crippen LogP contribution in [0.15, 0.2) is 54.7 Å². The van der Waals surface area contributed by atoms with Crippen molar-refractivity contribution >= 4 is 16.6 Å². The molecular formula is C16H14N2O2. The van der Waals surface area contributed by atoms with Crippen molar-refractivity contribution in [3.63, 3.8) is 0 Å². The van der Waals surface area contributed by atoms with Gasteiger partial charge in [-0.1, -0.05) is 12.1 Å². The molecule has 4 heteroatoms. The lowest BCUT2D eigenvalue weighted by Gasteiger charge is -2.09. The van der Waals surface area contributed by atoms with Crippen molar-refractivity contribution in [2.75, 3.05) is 12.8 Å². The van der Waals surface area contributed by atoms with Gasteiger partial charge in [0.2, 0.25) is 0 Å². The van der Waals surface area contributed by atoms with Gasteiger partial charge >= 0.3 is 0 Å². The van der Waals surface area contributed by atoms with Crippen LogP contribution < -0.4 is 15.2 Å². The fourth-order valence-corrected chi connectivity index (χ4v) is 2.01. The summed E-state index contributed by atoms with van der Waals surface area (Å²) in [7, 11) is 1.65. The average molecular weight is 266 g/mol. The summed E-state index contributed by atoms with van der Waals surface area (Å²) in [5.74, 6) is 2.45. The maximum Gasteiger partial charge on any atom is 0.169 e. The van der Waals surface area contributed by atoms with E-state index in [1.807, 2.05) is 36.4 Å². The van der Waals surface area contributed by atoms with Gasteiger partial charge in [-0.05, 0) is 47.2 Å². The molecule has 0 aliphatic carbocycles. The number of methoxy groups -OCH3 is 1. The molecule has 0 aliphatic rings. The van der Waals surface area contributed by atoms with E-state index in [0.29, 0.717) is 17.3 Å². The second-order valence-corrected chi connectivity index (χ2v) is 4.36. The molecular weight excluding hydrogens is 252 g/mol. The number of anilines is 1. The summed E-state index contributed by atoms with van der Waals surface area (Å²) < 4.78 is 11.0. The molecule has 1 heterocycles. The first kappa shape index (κ1) is 12.3. The smallest absolute Gasteiger partial charge is 0.169 e. The van der Waals surface area contributed by atoms with Gasteiger partial charge in [-0.2, -0.15) is 0 Å². The van der Waals surface area contributed by atoms with Crippen LogP contribution >= 0.6 is 0 Å². The highest BCUT2D eigenvalue weighted by atomic mass is 16.5. The fraction of sp³-hybridized carbons (Fsp3) is 0.0625. The maximum atomic E-state index is 5.77. The van der Waals surface area contributed by atoms with Gasteiger partial charge in [0.15, 0.2) is 11.6 Å². The van der Waals surface area contributed by atoms with Crippen LogP contribution in [0.25, 0.3) is 10.8 Å². The molecule has 0 aliphatic heterocycles. The Labute approximate surface area is 116 Å². The number of pyridine rings is 1. The van der Waals surface area contributed by atoms with Crippen LogP contribution in [0.4, 0.5) is 5.82 Å². The van der Waals surface area contributed by atoms with E-state index in [-0.39, 0.29) is 0 Å². The summed E-state index contributed by atoms with van der Waals surface area (Å²) in [5.41, 5.74) is 5.77. The van der Waals surface area contributed by atoms with E-state index < -0.39 is 0 Å². The monoisotopic (exact) mass is 266 g/mol. The Morgan fingerprint density at radius 2 is 1.70 bits per heavy atom. The third-order valence-corrected chi connectivity index (χ3v) is 3.05. The van der Waals surface area contributed by atoms with Gasteiger partial charge in [-0.15, -0.1) is 0 Å². The Balaban J connectivity index is 1.98. The van der Waals surface area contributed by atoms with Gasteiger partial charge in [-0.3, -0.25) is 0 Å². The molecule has 0 amide bonds. The van der Waals surface area contributed by atoms with Crippen molar-refractivity contribution in [2.24, 2.45) is 0 Å². The molecule has 0 saturated carbocycles. The SMILES string of the molecule is COc1ccc2ccc(Oc3cccnc3N)cc2c1. The lowest BCUT2D eigenvalue weighted by atomic mass is 10.1. The summed E-state index contributed by atoms with van der Waals surface area (Å²) in [6, 6.07) is 15.3. The Morgan fingerprint density at radius 3 is 2.45 bits per heavy atom. The van der Waals surface area contributed by atoms with Crippen molar-refractivity contribution in [2.45, 2.75) is 0 Å². The van der Waals surface area contributed by atoms with E-state index in [2.05, 4.69) is 4.98 Å². The molecule has 100 valence electrons. The first-order valence-corrected chi connectivity index (χ1v) is 6.22. The largest absolute Gasteiger partial charge is 0.497 e. The topological polar surface area (TPSA) is 57.4 Å². The lowest BCUT2D eigenvalue weighted by molar-refractivity contribution is 0.415. The first-order valence-electron chi connectivity index (χ1n) is 6.22. The second kappa shape index (κ2) is 5.09. The third kappa shape index (κ3) is 2.36. The molecule has 20 heavy (non-hydrogen) atoms. The number of hydrogen-bond acceptors (Lipinski definition) is 4. The number of hydrogen-bond donors (Lipinski definition) is 1. The minimum atomic E-state index is 0.373. The van der Waals surface area contributed by atoms with E-state index in [1.54, 1.807) is 25.4 Å². The number of aromatic nitrogens is 1. The molecule has 1 aromatic heterocycles. The molecule has 3 aromatic rings. The van der Waals surface area contributed by atoms with Crippen LogP contribution in [0.3, 0.4) is 0 Å². The number of fused-ring (bicyclic) bond motifs is 1. The van der Waals surface area contributed by atoms with Crippen LogP contribution in [0, 0.1) is 0 Å². The first-order chi connectivity index (χ1) is 9.76. The van der Waals surface area contributed by atoms with Crippen molar-refractivity contribution in [1.29, 1.82) is 0 Å². The average Bonchev–Trinajstić information content (AvgIpc) is 2.49. The standard InChI is InChI=1S/C16H14N2O2/c1-19-13-6-4-11-5-7-14(10-12(11)9-13)20-15-3-2-8-18-16(15)17/h2-10H,1H3,(H2,17,18). The van der Waals surface area contributed by atoms with Gasteiger partial charge in [0.05, 0.1) is 7.11 Å². The van der Waals surface area contributed by atoms with Gasteiger partial charge < -0.3 is 15.2 Å². The Kier molecular flexibility index (Phi) is 3.13. The number of nitrogens with zero attached hydrogens (tertiary/aromatic N) is 1. The number of nitrogens with two attached hydrogens (primary N) is 1. The highest BCUT2D eigenvalue weighted by Crippen LogP contribution is 2.29.